The number of nitrogens with two attached hydrogens (primary N) is 1. The average Bonchev–Trinajstić information content (AvgIpc) is 2.38. The van der Waals surface area contributed by atoms with Crippen molar-refractivity contribution in [2.45, 2.75) is 52.5 Å². The van der Waals surface area contributed by atoms with Crippen molar-refractivity contribution >= 4 is 5.95 Å². The summed E-state index contributed by atoms with van der Waals surface area (Å²) in [5.74, 6) is 1.99. The second-order valence-electron chi connectivity index (χ2n) is 6.07. The van der Waals surface area contributed by atoms with Crippen LogP contribution >= 0.6 is 0 Å². The van der Waals surface area contributed by atoms with Crippen molar-refractivity contribution < 1.29 is 0 Å². The molecule has 1 saturated heterocycles. The molecule has 1 aromatic rings. The summed E-state index contributed by atoms with van der Waals surface area (Å²) >= 11 is 0. The van der Waals surface area contributed by atoms with Gasteiger partial charge in [0.1, 0.15) is 0 Å². The average molecular weight is 262 g/mol. The largest absolute Gasteiger partial charge is 0.341 e. The van der Waals surface area contributed by atoms with Gasteiger partial charge in [-0.2, -0.15) is 0 Å². The number of nitrogens with zero attached hydrogens (tertiary/aromatic N) is 3. The number of aromatic nitrogens is 2. The van der Waals surface area contributed by atoms with Crippen molar-refractivity contribution in [1.82, 2.24) is 9.97 Å². The number of rotatable bonds is 3. The van der Waals surface area contributed by atoms with Crippen LogP contribution in [0.25, 0.3) is 0 Å². The van der Waals surface area contributed by atoms with Gasteiger partial charge < -0.3 is 10.6 Å². The van der Waals surface area contributed by atoms with E-state index in [2.05, 4.69) is 36.7 Å². The molecule has 1 unspecified atom stereocenters. The van der Waals surface area contributed by atoms with Crippen LogP contribution in [0.5, 0.6) is 0 Å². The highest BCUT2D eigenvalue weighted by Crippen LogP contribution is 2.24. The molecule has 0 spiro atoms. The quantitative estimate of drug-likeness (QED) is 0.909. The molecule has 2 N–H and O–H groups in total. The van der Waals surface area contributed by atoms with Crippen LogP contribution in [-0.4, -0.2) is 29.1 Å². The number of hydrogen-bond donors (Lipinski definition) is 1. The Morgan fingerprint density at radius 1 is 1.21 bits per heavy atom. The van der Waals surface area contributed by atoms with Gasteiger partial charge in [-0.15, -0.1) is 0 Å². The summed E-state index contributed by atoms with van der Waals surface area (Å²) in [7, 11) is 0. The Morgan fingerprint density at radius 3 is 2.37 bits per heavy atom. The van der Waals surface area contributed by atoms with Crippen LogP contribution in [0, 0.1) is 12.8 Å². The van der Waals surface area contributed by atoms with Crippen molar-refractivity contribution in [2.24, 2.45) is 11.7 Å². The minimum atomic E-state index is 0.298. The first-order valence-electron chi connectivity index (χ1n) is 7.33. The zero-order valence-electron chi connectivity index (χ0n) is 12.6. The fraction of sp³-hybridized carbons (Fsp3) is 0.733. The van der Waals surface area contributed by atoms with Gasteiger partial charge in [0.2, 0.25) is 5.95 Å². The van der Waals surface area contributed by atoms with Crippen molar-refractivity contribution in [3.63, 3.8) is 0 Å². The lowest BCUT2D eigenvalue weighted by Crippen LogP contribution is -2.40. The summed E-state index contributed by atoms with van der Waals surface area (Å²) in [5, 5.41) is 0. The topological polar surface area (TPSA) is 55.0 Å². The molecule has 0 saturated carbocycles. The Bertz CT molecular complexity index is 420. The maximum Gasteiger partial charge on any atom is 0.225 e. The highest BCUT2D eigenvalue weighted by molar-refractivity contribution is 5.33. The molecule has 1 aliphatic rings. The first-order chi connectivity index (χ1) is 8.97. The molecule has 106 valence electrons. The summed E-state index contributed by atoms with van der Waals surface area (Å²) in [5.41, 5.74) is 8.18. The first kappa shape index (κ1) is 14.3. The van der Waals surface area contributed by atoms with Gasteiger partial charge >= 0.3 is 0 Å². The van der Waals surface area contributed by atoms with E-state index < -0.39 is 0 Å². The Balaban J connectivity index is 2.11. The van der Waals surface area contributed by atoms with Crippen LogP contribution in [0.1, 0.15) is 50.9 Å². The van der Waals surface area contributed by atoms with Gasteiger partial charge in [0.05, 0.1) is 0 Å². The molecule has 2 heterocycles. The fourth-order valence-corrected chi connectivity index (χ4v) is 2.64. The van der Waals surface area contributed by atoms with E-state index >= 15 is 0 Å². The van der Waals surface area contributed by atoms with Crippen molar-refractivity contribution in [1.29, 1.82) is 0 Å². The van der Waals surface area contributed by atoms with Gasteiger partial charge in [0, 0.05) is 30.5 Å². The van der Waals surface area contributed by atoms with Crippen LogP contribution in [0.4, 0.5) is 5.95 Å². The van der Waals surface area contributed by atoms with Gasteiger partial charge in [0.25, 0.3) is 0 Å². The molecule has 19 heavy (non-hydrogen) atoms. The molecule has 1 atom stereocenters. The van der Waals surface area contributed by atoms with Crippen molar-refractivity contribution in [2.75, 3.05) is 18.0 Å². The maximum atomic E-state index is 5.99. The van der Waals surface area contributed by atoms with Crippen molar-refractivity contribution in [3.05, 3.63) is 17.5 Å². The van der Waals surface area contributed by atoms with E-state index in [1.165, 1.54) is 0 Å². The summed E-state index contributed by atoms with van der Waals surface area (Å²) < 4.78 is 0. The van der Waals surface area contributed by atoms with Crippen LogP contribution in [-0.2, 0) is 0 Å². The van der Waals surface area contributed by atoms with Crippen LogP contribution in [0.2, 0.25) is 0 Å². The molecule has 0 radical (unpaired) electrons. The predicted octanol–water partition coefficient (Wildman–Crippen LogP) is 2.47. The zero-order chi connectivity index (χ0) is 14.0. The molecule has 4 heteroatoms. The Hall–Kier alpha value is -1.16. The van der Waals surface area contributed by atoms with Crippen molar-refractivity contribution in [3.8, 4) is 0 Å². The van der Waals surface area contributed by atoms with Gasteiger partial charge in [-0.1, -0.05) is 13.8 Å². The molecule has 0 amide bonds. The summed E-state index contributed by atoms with van der Waals surface area (Å²) in [6, 6.07) is 2.38. The summed E-state index contributed by atoms with van der Waals surface area (Å²) in [6.07, 6.45) is 2.29. The van der Waals surface area contributed by atoms with Gasteiger partial charge in [0.15, 0.2) is 0 Å². The third-order valence-corrected chi connectivity index (χ3v) is 4.02. The lowest BCUT2D eigenvalue weighted by atomic mass is 9.91. The molecule has 2 rings (SSSR count). The second-order valence-corrected chi connectivity index (χ2v) is 6.07. The molecule has 1 aromatic heterocycles. The van der Waals surface area contributed by atoms with E-state index in [0.717, 1.165) is 43.3 Å². The molecule has 4 nitrogen and oxygen atoms in total. The molecular formula is C15H26N4. The minimum absolute atomic E-state index is 0.298. The second kappa shape index (κ2) is 5.87. The normalized spacial score (nSPS) is 18.9. The highest BCUT2D eigenvalue weighted by Gasteiger charge is 2.23. The smallest absolute Gasteiger partial charge is 0.225 e. The van der Waals surface area contributed by atoms with Crippen LogP contribution in [0.15, 0.2) is 6.07 Å². The molecular weight excluding hydrogens is 236 g/mol. The minimum Gasteiger partial charge on any atom is -0.341 e. The Kier molecular flexibility index (Phi) is 4.40. The number of aryl methyl sites for hydroxylation is 1. The van der Waals surface area contributed by atoms with E-state index in [9.17, 15) is 0 Å². The fourth-order valence-electron chi connectivity index (χ4n) is 2.64. The monoisotopic (exact) mass is 262 g/mol. The predicted molar refractivity (Wildman–Crippen MR) is 79.4 cm³/mol. The molecule has 1 aliphatic heterocycles. The number of hydrogen-bond acceptors (Lipinski definition) is 4. The summed E-state index contributed by atoms with van der Waals surface area (Å²) in [4.78, 5) is 11.6. The Morgan fingerprint density at radius 2 is 1.84 bits per heavy atom. The first-order valence-corrected chi connectivity index (χ1v) is 7.33. The van der Waals surface area contributed by atoms with Gasteiger partial charge in [-0.25, -0.2) is 9.97 Å². The van der Waals surface area contributed by atoms with E-state index in [0.29, 0.717) is 17.9 Å². The zero-order valence-corrected chi connectivity index (χ0v) is 12.6. The molecule has 1 fully saturated rings. The molecule has 0 aromatic carbocycles. The lowest BCUT2D eigenvalue weighted by Gasteiger charge is -2.34. The lowest BCUT2D eigenvalue weighted by molar-refractivity contribution is 0.352. The van der Waals surface area contributed by atoms with Gasteiger partial charge in [-0.3, -0.25) is 0 Å². The van der Waals surface area contributed by atoms with E-state index in [1.807, 2.05) is 6.92 Å². The summed E-state index contributed by atoms with van der Waals surface area (Å²) in [6.45, 7) is 10.5. The van der Waals surface area contributed by atoms with Crippen LogP contribution in [0.3, 0.4) is 0 Å². The van der Waals surface area contributed by atoms with Crippen LogP contribution < -0.4 is 10.6 Å². The van der Waals surface area contributed by atoms with E-state index in [4.69, 9.17) is 10.7 Å². The molecule has 0 bridgehead atoms. The van der Waals surface area contributed by atoms with E-state index in [-0.39, 0.29) is 0 Å². The highest BCUT2D eigenvalue weighted by atomic mass is 15.3. The Labute approximate surface area is 116 Å². The third-order valence-electron chi connectivity index (χ3n) is 4.02. The molecule has 0 aliphatic carbocycles. The SMILES string of the molecule is Cc1cc(C(C)C)nc(N2CCC(C(C)N)CC2)n1. The number of anilines is 1. The number of piperidine rings is 1. The van der Waals surface area contributed by atoms with Gasteiger partial charge in [-0.05, 0) is 44.6 Å². The third kappa shape index (κ3) is 3.44. The van der Waals surface area contributed by atoms with E-state index in [1.54, 1.807) is 0 Å². The standard InChI is InChI=1S/C15H26N4/c1-10(2)14-9-11(3)17-15(18-14)19-7-5-13(6-8-19)12(4)16/h9-10,12-13H,5-8,16H2,1-4H3. The maximum absolute atomic E-state index is 5.99.